The monoisotopic (exact) mass is 298 g/mol. The van der Waals surface area contributed by atoms with Crippen LogP contribution < -0.4 is 5.32 Å². The molecule has 116 valence electrons. The van der Waals surface area contributed by atoms with E-state index in [-0.39, 0.29) is 17.3 Å². The Balaban J connectivity index is 2.11. The first kappa shape index (κ1) is 15.7. The van der Waals surface area contributed by atoms with Gasteiger partial charge in [0.25, 0.3) is 0 Å². The lowest BCUT2D eigenvalue weighted by Crippen LogP contribution is -2.39. The molecule has 1 heterocycles. The number of benzene rings is 1. The molecule has 21 heavy (non-hydrogen) atoms. The van der Waals surface area contributed by atoms with Gasteiger partial charge in [0.05, 0.1) is 18.4 Å². The summed E-state index contributed by atoms with van der Waals surface area (Å²) in [4.78, 5) is 13.8. The Morgan fingerprint density at radius 2 is 2.00 bits per heavy atom. The summed E-state index contributed by atoms with van der Waals surface area (Å²) in [6.07, 6.45) is 1.77. The number of nitrogens with one attached hydrogen (secondary N) is 1. The Morgan fingerprint density at radius 1 is 1.33 bits per heavy atom. The van der Waals surface area contributed by atoms with Gasteiger partial charge in [0, 0.05) is 25.2 Å². The van der Waals surface area contributed by atoms with Gasteiger partial charge in [-0.15, -0.1) is 0 Å². The Bertz CT molecular complexity index is 515. The molecule has 1 saturated heterocycles. The topological polar surface area (TPSA) is 41.6 Å². The number of nitrogens with zero attached hydrogens (tertiary/aromatic N) is 1. The minimum absolute atomic E-state index is 0.123. The second-order valence-electron chi connectivity index (χ2n) is 5.16. The summed E-state index contributed by atoms with van der Waals surface area (Å²) < 4.78 is 31.9. The van der Waals surface area contributed by atoms with E-state index < -0.39 is 17.6 Å². The highest BCUT2D eigenvalue weighted by Gasteiger charge is 2.21. The first-order chi connectivity index (χ1) is 10.0. The van der Waals surface area contributed by atoms with E-state index in [1.807, 2.05) is 0 Å². The molecule has 1 aliphatic heterocycles. The van der Waals surface area contributed by atoms with Crippen molar-refractivity contribution in [3.63, 3.8) is 0 Å². The Kier molecular flexibility index (Phi) is 5.12. The number of likely N-dealkylation sites (tertiary alicyclic amines) is 1. The molecular formula is C15H20F2N2O2. The van der Waals surface area contributed by atoms with Crippen LogP contribution in [-0.2, 0) is 4.74 Å². The number of ether oxygens (including phenoxy) is 1. The van der Waals surface area contributed by atoms with E-state index in [4.69, 9.17) is 0 Å². The summed E-state index contributed by atoms with van der Waals surface area (Å²) in [7, 11) is 1.17. The normalized spacial score (nSPS) is 16.8. The number of hydrogen-bond acceptors (Lipinski definition) is 4. The molecule has 0 unspecified atom stereocenters. The van der Waals surface area contributed by atoms with Crippen molar-refractivity contribution >= 4 is 11.7 Å². The average Bonchev–Trinajstić information content (AvgIpc) is 2.50. The van der Waals surface area contributed by atoms with E-state index in [1.54, 1.807) is 0 Å². The molecule has 1 N–H and O–H groups in total. The van der Waals surface area contributed by atoms with Gasteiger partial charge in [0.1, 0.15) is 11.6 Å². The average molecular weight is 298 g/mol. The number of carbonyl (C=O) groups excluding carboxylic acids is 1. The predicted octanol–water partition coefficient (Wildman–Crippen LogP) is 2.65. The van der Waals surface area contributed by atoms with Gasteiger partial charge in [-0.2, -0.15) is 0 Å². The van der Waals surface area contributed by atoms with Gasteiger partial charge in [0.15, 0.2) is 0 Å². The van der Waals surface area contributed by atoms with E-state index in [0.29, 0.717) is 0 Å². The van der Waals surface area contributed by atoms with Crippen LogP contribution in [0.4, 0.5) is 14.5 Å². The standard InChI is InChI=1S/C15H20F2N2O2/c1-3-19-6-4-10(5-7-19)18-14-8-11(15(20)21-2)12(16)9-13(14)17/h8-10,18H,3-7H2,1-2H3. The number of methoxy groups -OCH3 is 1. The van der Waals surface area contributed by atoms with Crippen LogP contribution in [0.2, 0.25) is 0 Å². The van der Waals surface area contributed by atoms with Crippen molar-refractivity contribution in [1.29, 1.82) is 0 Å². The van der Waals surface area contributed by atoms with Gasteiger partial charge in [-0.3, -0.25) is 0 Å². The van der Waals surface area contributed by atoms with E-state index >= 15 is 0 Å². The summed E-state index contributed by atoms with van der Waals surface area (Å²) in [5.74, 6) is -2.42. The van der Waals surface area contributed by atoms with E-state index in [2.05, 4.69) is 21.9 Å². The first-order valence-electron chi connectivity index (χ1n) is 7.11. The minimum Gasteiger partial charge on any atom is -0.465 e. The highest BCUT2D eigenvalue weighted by Crippen LogP contribution is 2.23. The zero-order valence-corrected chi connectivity index (χ0v) is 12.3. The smallest absolute Gasteiger partial charge is 0.340 e. The molecule has 0 atom stereocenters. The predicted molar refractivity (Wildman–Crippen MR) is 76.5 cm³/mol. The van der Waals surface area contributed by atoms with Crippen LogP contribution in [-0.4, -0.2) is 43.7 Å². The van der Waals surface area contributed by atoms with Crippen molar-refractivity contribution in [3.8, 4) is 0 Å². The molecule has 0 amide bonds. The van der Waals surface area contributed by atoms with E-state index in [9.17, 15) is 13.6 Å². The molecule has 0 aromatic heterocycles. The van der Waals surface area contributed by atoms with Crippen LogP contribution >= 0.6 is 0 Å². The maximum absolute atomic E-state index is 13.8. The molecular weight excluding hydrogens is 278 g/mol. The fraction of sp³-hybridized carbons (Fsp3) is 0.533. The minimum atomic E-state index is -0.911. The third-order valence-electron chi connectivity index (χ3n) is 3.86. The van der Waals surface area contributed by atoms with Gasteiger partial charge >= 0.3 is 5.97 Å². The number of piperidine rings is 1. The van der Waals surface area contributed by atoms with Crippen LogP contribution in [0, 0.1) is 11.6 Å². The second-order valence-corrected chi connectivity index (χ2v) is 5.16. The van der Waals surface area contributed by atoms with Gasteiger partial charge in [0.2, 0.25) is 0 Å². The fourth-order valence-electron chi connectivity index (χ4n) is 2.54. The summed E-state index contributed by atoms with van der Waals surface area (Å²) >= 11 is 0. The summed E-state index contributed by atoms with van der Waals surface area (Å²) in [6, 6.07) is 2.02. The quantitative estimate of drug-likeness (QED) is 0.868. The Labute approximate surface area is 123 Å². The van der Waals surface area contributed by atoms with Gasteiger partial charge < -0.3 is 15.0 Å². The Morgan fingerprint density at radius 3 is 2.57 bits per heavy atom. The maximum Gasteiger partial charge on any atom is 0.340 e. The number of esters is 1. The number of hydrogen-bond donors (Lipinski definition) is 1. The first-order valence-corrected chi connectivity index (χ1v) is 7.11. The van der Waals surface area contributed by atoms with E-state index in [0.717, 1.165) is 38.5 Å². The van der Waals surface area contributed by atoms with E-state index in [1.165, 1.54) is 13.2 Å². The molecule has 0 aliphatic carbocycles. The summed E-state index contributed by atoms with van der Waals surface area (Å²) in [5, 5.41) is 3.06. The van der Waals surface area contributed by atoms with Crippen LogP contribution in [0.3, 0.4) is 0 Å². The van der Waals surface area contributed by atoms with Crippen LogP contribution in [0.5, 0.6) is 0 Å². The van der Waals surface area contributed by atoms with Crippen molar-refractivity contribution in [1.82, 2.24) is 4.90 Å². The number of anilines is 1. The largest absolute Gasteiger partial charge is 0.465 e. The Hall–Kier alpha value is -1.69. The van der Waals surface area contributed by atoms with Crippen LogP contribution in [0.25, 0.3) is 0 Å². The molecule has 0 radical (unpaired) electrons. The second kappa shape index (κ2) is 6.85. The SMILES string of the molecule is CCN1CCC(Nc2cc(C(=O)OC)c(F)cc2F)CC1. The molecule has 1 aromatic rings. The van der Waals surface area contributed by atoms with Gasteiger partial charge in [-0.1, -0.05) is 6.92 Å². The zero-order valence-electron chi connectivity index (χ0n) is 12.3. The number of rotatable bonds is 4. The molecule has 4 nitrogen and oxygen atoms in total. The molecule has 2 rings (SSSR count). The number of carbonyl (C=O) groups is 1. The number of halogens is 2. The zero-order chi connectivity index (χ0) is 15.4. The molecule has 1 fully saturated rings. The summed E-state index contributed by atoms with van der Waals surface area (Å²) in [6.45, 7) is 5.00. The van der Waals surface area contributed by atoms with Crippen molar-refractivity contribution in [3.05, 3.63) is 29.3 Å². The van der Waals surface area contributed by atoms with Gasteiger partial charge in [-0.05, 0) is 25.5 Å². The third-order valence-corrected chi connectivity index (χ3v) is 3.86. The van der Waals surface area contributed by atoms with Crippen molar-refractivity contribution in [2.24, 2.45) is 0 Å². The molecule has 6 heteroatoms. The lowest BCUT2D eigenvalue weighted by atomic mass is 10.0. The lowest BCUT2D eigenvalue weighted by Gasteiger charge is -2.32. The van der Waals surface area contributed by atoms with Crippen molar-refractivity contribution in [2.75, 3.05) is 32.1 Å². The third kappa shape index (κ3) is 3.69. The molecule has 0 bridgehead atoms. The maximum atomic E-state index is 13.8. The van der Waals surface area contributed by atoms with Crippen LogP contribution in [0.15, 0.2) is 12.1 Å². The van der Waals surface area contributed by atoms with Crippen molar-refractivity contribution in [2.45, 2.75) is 25.8 Å². The molecule has 1 aliphatic rings. The molecule has 1 aromatic carbocycles. The lowest BCUT2D eigenvalue weighted by molar-refractivity contribution is 0.0595. The highest BCUT2D eigenvalue weighted by molar-refractivity contribution is 5.90. The molecule has 0 saturated carbocycles. The highest BCUT2D eigenvalue weighted by atomic mass is 19.1. The summed E-state index contributed by atoms with van der Waals surface area (Å²) in [5.41, 5.74) is -0.112. The van der Waals surface area contributed by atoms with Gasteiger partial charge in [-0.25, -0.2) is 13.6 Å². The molecule has 0 spiro atoms. The van der Waals surface area contributed by atoms with Crippen molar-refractivity contribution < 1.29 is 18.3 Å². The fourth-order valence-corrected chi connectivity index (χ4v) is 2.54. The van der Waals surface area contributed by atoms with Crippen LogP contribution in [0.1, 0.15) is 30.1 Å².